The highest BCUT2D eigenvalue weighted by molar-refractivity contribution is 7.99. The quantitative estimate of drug-likeness (QED) is 0.792. The molecule has 0 unspecified atom stereocenters. The molecule has 23 heavy (non-hydrogen) atoms. The van der Waals surface area contributed by atoms with E-state index in [1.807, 2.05) is 42.8 Å². The van der Waals surface area contributed by atoms with Crippen LogP contribution in [-0.2, 0) is 7.05 Å². The number of nitrogens with zero attached hydrogens (tertiary/aromatic N) is 5. The van der Waals surface area contributed by atoms with Crippen LogP contribution in [0.2, 0.25) is 0 Å². The summed E-state index contributed by atoms with van der Waals surface area (Å²) >= 11 is 1.50. The largest absolute Gasteiger partial charge is 0.321 e. The Morgan fingerprint density at radius 3 is 2.57 bits per heavy atom. The van der Waals surface area contributed by atoms with Gasteiger partial charge in [0, 0.05) is 23.8 Å². The van der Waals surface area contributed by atoms with Crippen molar-refractivity contribution in [3.8, 4) is 0 Å². The van der Waals surface area contributed by atoms with Gasteiger partial charge >= 0.3 is 0 Å². The monoisotopic (exact) mass is 326 g/mol. The highest BCUT2D eigenvalue weighted by atomic mass is 32.2. The molecule has 1 N–H and O–H groups in total. The first-order valence-electron chi connectivity index (χ1n) is 6.84. The lowest BCUT2D eigenvalue weighted by atomic mass is 10.3. The highest BCUT2D eigenvalue weighted by Crippen LogP contribution is 2.26. The van der Waals surface area contributed by atoms with E-state index >= 15 is 0 Å². The zero-order valence-electron chi connectivity index (χ0n) is 12.6. The fourth-order valence-corrected chi connectivity index (χ4v) is 2.54. The topological polar surface area (TPSA) is 85.6 Å². The molecule has 0 spiro atoms. The Kier molecular flexibility index (Phi) is 4.33. The number of aryl methyl sites for hydroxylation is 2. The molecular weight excluding hydrogens is 312 g/mol. The maximum absolute atomic E-state index is 12.1. The summed E-state index contributed by atoms with van der Waals surface area (Å²) in [6.07, 6.45) is 4.68. The fourth-order valence-electron chi connectivity index (χ4n) is 1.78. The molecule has 2 aromatic heterocycles. The van der Waals surface area contributed by atoms with Crippen LogP contribution in [0.25, 0.3) is 0 Å². The van der Waals surface area contributed by atoms with E-state index in [1.165, 1.54) is 18.0 Å². The normalized spacial score (nSPS) is 10.5. The molecule has 0 saturated carbocycles. The third-order valence-electron chi connectivity index (χ3n) is 3.00. The van der Waals surface area contributed by atoms with Gasteiger partial charge in [-0.1, -0.05) is 0 Å². The summed E-state index contributed by atoms with van der Waals surface area (Å²) in [6.45, 7) is 1.82. The molecule has 0 aliphatic heterocycles. The summed E-state index contributed by atoms with van der Waals surface area (Å²) in [4.78, 5) is 21.2. The van der Waals surface area contributed by atoms with Gasteiger partial charge in [0.05, 0.1) is 11.9 Å². The van der Waals surface area contributed by atoms with Crippen molar-refractivity contribution in [3.63, 3.8) is 0 Å². The summed E-state index contributed by atoms with van der Waals surface area (Å²) < 4.78 is 1.84. The maximum atomic E-state index is 12.1. The Hall–Kier alpha value is -2.74. The van der Waals surface area contributed by atoms with E-state index in [2.05, 4.69) is 25.5 Å². The third kappa shape index (κ3) is 3.72. The average Bonchev–Trinajstić information content (AvgIpc) is 2.95. The van der Waals surface area contributed by atoms with Gasteiger partial charge in [-0.15, -0.1) is 10.2 Å². The van der Waals surface area contributed by atoms with Gasteiger partial charge in [-0.05, 0) is 43.0 Å². The SMILES string of the molecule is Cc1cnc(C(=O)Nc2ccc(Sc3nncn3C)cc2)cn1. The second kappa shape index (κ2) is 6.57. The minimum absolute atomic E-state index is 0.285. The first-order valence-corrected chi connectivity index (χ1v) is 7.65. The molecule has 0 radical (unpaired) electrons. The molecule has 0 atom stereocenters. The van der Waals surface area contributed by atoms with Crippen molar-refractivity contribution >= 4 is 23.4 Å². The predicted molar refractivity (Wildman–Crippen MR) is 86.3 cm³/mol. The lowest BCUT2D eigenvalue weighted by Crippen LogP contribution is -2.14. The predicted octanol–water partition coefficient (Wildman–Crippen LogP) is 2.32. The van der Waals surface area contributed by atoms with Crippen LogP contribution in [0.15, 0.2) is 53.0 Å². The van der Waals surface area contributed by atoms with E-state index in [4.69, 9.17) is 0 Å². The molecule has 7 nitrogen and oxygen atoms in total. The standard InChI is InChI=1S/C15H14N6OS/c1-10-7-17-13(8-16-10)14(22)19-11-3-5-12(6-4-11)23-15-20-18-9-21(15)2/h3-9H,1-2H3,(H,19,22). The molecule has 0 fully saturated rings. The second-order valence-electron chi connectivity index (χ2n) is 4.85. The Bertz CT molecular complexity index is 813. The lowest BCUT2D eigenvalue weighted by molar-refractivity contribution is 0.102. The molecule has 0 aliphatic rings. The van der Waals surface area contributed by atoms with Crippen LogP contribution >= 0.6 is 11.8 Å². The van der Waals surface area contributed by atoms with Gasteiger partial charge in [0.1, 0.15) is 12.0 Å². The maximum Gasteiger partial charge on any atom is 0.275 e. The van der Waals surface area contributed by atoms with E-state index in [1.54, 1.807) is 12.5 Å². The summed E-state index contributed by atoms with van der Waals surface area (Å²) in [6, 6.07) is 7.49. The van der Waals surface area contributed by atoms with Crippen LogP contribution in [0.1, 0.15) is 16.2 Å². The molecule has 116 valence electrons. The van der Waals surface area contributed by atoms with Gasteiger partial charge in [0.2, 0.25) is 0 Å². The number of hydrogen-bond donors (Lipinski definition) is 1. The number of carbonyl (C=O) groups excluding carboxylic acids is 1. The highest BCUT2D eigenvalue weighted by Gasteiger charge is 2.08. The molecule has 8 heteroatoms. The van der Waals surface area contributed by atoms with Gasteiger partial charge in [0.15, 0.2) is 5.16 Å². The summed E-state index contributed by atoms with van der Waals surface area (Å²) in [7, 11) is 1.89. The van der Waals surface area contributed by atoms with Crippen LogP contribution in [0.5, 0.6) is 0 Å². The van der Waals surface area contributed by atoms with Crippen molar-refractivity contribution in [1.29, 1.82) is 0 Å². The summed E-state index contributed by atoms with van der Waals surface area (Å²) in [5.74, 6) is -0.286. The van der Waals surface area contributed by atoms with E-state index in [9.17, 15) is 4.79 Å². The van der Waals surface area contributed by atoms with Gasteiger partial charge in [-0.2, -0.15) is 0 Å². The van der Waals surface area contributed by atoms with Crippen LogP contribution in [0, 0.1) is 6.92 Å². The Morgan fingerprint density at radius 2 is 1.96 bits per heavy atom. The zero-order chi connectivity index (χ0) is 16.2. The van der Waals surface area contributed by atoms with Gasteiger partial charge in [0.25, 0.3) is 5.91 Å². The Morgan fingerprint density at radius 1 is 1.17 bits per heavy atom. The van der Waals surface area contributed by atoms with Gasteiger partial charge in [-0.25, -0.2) is 4.98 Å². The summed E-state index contributed by atoms with van der Waals surface area (Å²) in [5.41, 5.74) is 1.75. The van der Waals surface area contributed by atoms with Gasteiger partial charge < -0.3 is 9.88 Å². The first-order chi connectivity index (χ1) is 11.1. The molecular formula is C15H14N6OS. The summed E-state index contributed by atoms with van der Waals surface area (Å²) in [5, 5.41) is 11.5. The molecule has 0 aliphatic carbocycles. The molecule has 3 rings (SSSR count). The fraction of sp³-hybridized carbons (Fsp3) is 0.133. The number of rotatable bonds is 4. The Labute approximate surface area is 137 Å². The third-order valence-corrected chi connectivity index (χ3v) is 4.06. The van der Waals surface area contributed by atoms with Crippen molar-refractivity contribution in [3.05, 3.63) is 54.4 Å². The van der Waals surface area contributed by atoms with Crippen LogP contribution < -0.4 is 5.32 Å². The van der Waals surface area contributed by atoms with Gasteiger partial charge in [-0.3, -0.25) is 9.78 Å². The van der Waals surface area contributed by atoms with Crippen LogP contribution in [0.3, 0.4) is 0 Å². The molecule has 1 aromatic carbocycles. The first kappa shape index (κ1) is 15.2. The number of anilines is 1. The molecule has 0 bridgehead atoms. The van der Waals surface area contributed by atoms with Crippen molar-refractivity contribution in [1.82, 2.24) is 24.7 Å². The number of nitrogens with one attached hydrogen (secondary N) is 1. The van der Waals surface area contributed by atoms with E-state index in [0.29, 0.717) is 5.69 Å². The second-order valence-corrected chi connectivity index (χ2v) is 5.89. The Balaban J connectivity index is 1.66. The number of hydrogen-bond acceptors (Lipinski definition) is 6. The number of amides is 1. The molecule has 2 heterocycles. The average molecular weight is 326 g/mol. The molecule has 0 saturated heterocycles. The lowest BCUT2D eigenvalue weighted by Gasteiger charge is -2.06. The van der Waals surface area contributed by atoms with Crippen molar-refractivity contribution in [2.24, 2.45) is 7.05 Å². The van der Waals surface area contributed by atoms with Crippen LogP contribution in [-0.4, -0.2) is 30.6 Å². The number of benzene rings is 1. The van der Waals surface area contributed by atoms with Crippen molar-refractivity contribution in [2.45, 2.75) is 17.0 Å². The van der Waals surface area contributed by atoms with E-state index in [0.717, 1.165) is 15.7 Å². The van der Waals surface area contributed by atoms with E-state index in [-0.39, 0.29) is 11.6 Å². The smallest absolute Gasteiger partial charge is 0.275 e. The molecule has 3 aromatic rings. The van der Waals surface area contributed by atoms with Crippen LogP contribution in [0.4, 0.5) is 5.69 Å². The number of carbonyl (C=O) groups is 1. The van der Waals surface area contributed by atoms with Crippen molar-refractivity contribution in [2.75, 3.05) is 5.32 Å². The minimum atomic E-state index is -0.286. The molecule has 1 amide bonds. The minimum Gasteiger partial charge on any atom is -0.321 e. The zero-order valence-corrected chi connectivity index (χ0v) is 13.4. The van der Waals surface area contributed by atoms with E-state index < -0.39 is 0 Å². The van der Waals surface area contributed by atoms with Crippen molar-refractivity contribution < 1.29 is 4.79 Å². The number of aromatic nitrogens is 5.